The number of carboxylic acid groups (broad SMARTS) is 1. The Bertz CT molecular complexity index is 600. The monoisotopic (exact) mass is 423 g/mol. The first-order valence-electron chi connectivity index (χ1n) is 7.17. The van der Waals surface area contributed by atoms with Crippen LogP contribution in [-0.2, 0) is 16.1 Å². The van der Waals surface area contributed by atoms with Gasteiger partial charge in [0.15, 0.2) is 0 Å². The Kier molecular flexibility index (Phi) is 8.04. The molecular formula is C15H17BrF3N3O3. The van der Waals surface area contributed by atoms with Crippen molar-refractivity contribution in [2.45, 2.75) is 12.7 Å². The Morgan fingerprint density at radius 2 is 1.84 bits per heavy atom. The van der Waals surface area contributed by atoms with E-state index in [9.17, 15) is 18.0 Å². The lowest BCUT2D eigenvalue weighted by Gasteiger charge is -2.33. The number of pyridine rings is 1. The van der Waals surface area contributed by atoms with E-state index in [-0.39, 0.29) is 5.91 Å². The summed E-state index contributed by atoms with van der Waals surface area (Å²) >= 11 is 3.37. The van der Waals surface area contributed by atoms with E-state index in [2.05, 4.69) is 32.4 Å². The molecule has 0 unspecified atom stereocenters. The standard InChI is InChI=1S/C13H16BrN3O.C2HF3O2/c1-2-13(18)17-7-5-16(6-8-17)10-12-4-3-11(14)9-15-12;3-2(4,5)1(6)7/h2-4,9H,1,5-8,10H2;(H,6,7). The van der Waals surface area contributed by atoms with Crippen LogP contribution in [0.2, 0.25) is 0 Å². The highest BCUT2D eigenvalue weighted by atomic mass is 79.9. The molecule has 1 N–H and O–H groups in total. The van der Waals surface area contributed by atoms with Gasteiger partial charge >= 0.3 is 12.1 Å². The van der Waals surface area contributed by atoms with E-state index in [1.54, 1.807) is 0 Å². The van der Waals surface area contributed by atoms with Crippen molar-refractivity contribution in [3.8, 4) is 0 Å². The zero-order valence-corrected chi connectivity index (χ0v) is 14.8. The highest BCUT2D eigenvalue weighted by molar-refractivity contribution is 9.10. The van der Waals surface area contributed by atoms with Crippen LogP contribution in [0.1, 0.15) is 5.69 Å². The quantitative estimate of drug-likeness (QED) is 0.755. The number of nitrogens with zero attached hydrogens (tertiary/aromatic N) is 3. The zero-order chi connectivity index (χ0) is 19.0. The number of hydrogen-bond donors (Lipinski definition) is 1. The molecule has 0 saturated carbocycles. The molecule has 0 spiro atoms. The minimum atomic E-state index is -5.08. The molecule has 1 saturated heterocycles. The summed E-state index contributed by atoms with van der Waals surface area (Å²) in [7, 11) is 0. The summed E-state index contributed by atoms with van der Waals surface area (Å²) in [5.41, 5.74) is 1.06. The second-order valence-electron chi connectivity index (χ2n) is 5.08. The molecule has 1 aliphatic rings. The van der Waals surface area contributed by atoms with Crippen LogP contribution in [0.4, 0.5) is 13.2 Å². The van der Waals surface area contributed by atoms with Gasteiger partial charge in [-0.1, -0.05) is 6.58 Å². The average Bonchev–Trinajstić information content (AvgIpc) is 2.56. The number of aromatic nitrogens is 1. The van der Waals surface area contributed by atoms with Gasteiger partial charge in [0.05, 0.1) is 5.69 Å². The molecule has 0 atom stereocenters. The van der Waals surface area contributed by atoms with Crippen molar-refractivity contribution in [1.29, 1.82) is 0 Å². The first kappa shape index (κ1) is 21.1. The van der Waals surface area contributed by atoms with Crippen molar-refractivity contribution in [2.75, 3.05) is 26.2 Å². The van der Waals surface area contributed by atoms with Crippen LogP contribution in [-0.4, -0.2) is 64.1 Å². The van der Waals surface area contributed by atoms with E-state index in [0.29, 0.717) is 0 Å². The minimum absolute atomic E-state index is 0.0245. The maximum Gasteiger partial charge on any atom is 0.490 e. The van der Waals surface area contributed by atoms with Gasteiger partial charge in [0.2, 0.25) is 5.91 Å². The lowest BCUT2D eigenvalue weighted by atomic mass is 10.2. The Labute approximate surface area is 151 Å². The molecule has 1 aromatic rings. The highest BCUT2D eigenvalue weighted by Gasteiger charge is 2.38. The van der Waals surface area contributed by atoms with Gasteiger partial charge in [0.1, 0.15) is 0 Å². The van der Waals surface area contributed by atoms with Gasteiger partial charge in [0, 0.05) is 43.4 Å². The summed E-state index contributed by atoms with van der Waals surface area (Å²) in [5.74, 6) is -2.73. The first-order valence-corrected chi connectivity index (χ1v) is 7.97. The van der Waals surface area contributed by atoms with Crippen LogP contribution in [0.25, 0.3) is 0 Å². The highest BCUT2D eigenvalue weighted by Crippen LogP contribution is 2.13. The zero-order valence-electron chi connectivity index (χ0n) is 13.2. The van der Waals surface area contributed by atoms with Gasteiger partial charge in [-0.05, 0) is 34.1 Å². The van der Waals surface area contributed by atoms with Crippen molar-refractivity contribution in [3.63, 3.8) is 0 Å². The van der Waals surface area contributed by atoms with Gasteiger partial charge in [-0.15, -0.1) is 0 Å². The fraction of sp³-hybridized carbons (Fsp3) is 0.400. The van der Waals surface area contributed by atoms with Crippen LogP contribution in [0.15, 0.2) is 35.5 Å². The van der Waals surface area contributed by atoms with Gasteiger partial charge in [-0.25, -0.2) is 4.79 Å². The van der Waals surface area contributed by atoms with Crippen LogP contribution >= 0.6 is 15.9 Å². The molecule has 138 valence electrons. The van der Waals surface area contributed by atoms with Crippen molar-refractivity contribution in [1.82, 2.24) is 14.8 Å². The van der Waals surface area contributed by atoms with Crippen LogP contribution in [0.3, 0.4) is 0 Å². The molecule has 0 bridgehead atoms. The Hall–Kier alpha value is -1.94. The van der Waals surface area contributed by atoms with Crippen LogP contribution in [0.5, 0.6) is 0 Å². The third kappa shape index (κ3) is 7.65. The summed E-state index contributed by atoms with van der Waals surface area (Å²) < 4.78 is 32.7. The van der Waals surface area contributed by atoms with E-state index < -0.39 is 12.1 Å². The maximum absolute atomic E-state index is 11.4. The van der Waals surface area contributed by atoms with Crippen molar-refractivity contribution in [3.05, 3.63) is 41.2 Å². The molecule has 0 radical (unpaired) electrons. The number of alkyl halides is 3. The summed E-state index contributed by atoms with van der Waals surface area (Å²) in [6.07, 6.45) is -1.89. The first-order chi connectivity index (χ1) is 11.6. The lowest BCUT2D eigenvalue weighted by Crippen LogP contribution is -2.47. The predicted molar refractivity (Wildman–Crippen MR) is 87.7 cm³/mol. The Morgan fingerprint density at radius 3 is 2.24 bits per heavy atom. The van der Waals surface area contributed by atoms with Gasteiger partial charge in [0.25, 0.3) is 0 Å². The van der Waals surface area contributed by atoms with Crippen molar-refractivity contribution < 1.29 is 27.9 Å². The number of carbonyl (C=O) groups excluding carboxylic acids is 1. The average molecular weight is 424 g/mol. The van der Waals surface area contributed by atoms with Gasteiger partial charge < -0.3 is 10.0 Å². The molecule has 2 rings (SSSR count). The molecule has 1 aliphatic heterocycles. The third-order valence-electron chi connectivity index (χ3n) is 3.28. The number of amides is 1. The minimum Gasteiger partial charge on any atom is -0.475 e. The van der Waals surface area contributed by atoms with Crippen molar-refractivity contribution >= 4 is 27.8 Å². The summed E-state index contributed by atoms with van der Waals surface area (Å²) in [6, 6.07) is 4.02. The number of carboxylic acids is 1. The second kappa shape index (κ2) is 9.52. The normalized spacial score (nSPS) is 15.1. The molecule has 6 nitrogen and oxygen atoms in total. The Morgan fingerprint density at radius 1 is 1.28 bits per heavy atom. The third-order valence-corrected chi connectivity index (χ3v) is 3.74. The smallest absolute Gasteiger partial charge is 0.475 e. The Balaban J connectivity index is 0.000000381. The SMILES string of the molecule is C=CC(=O)N1CCN(Cc2ccc(Br)cn2)CC1.O=C(O)C(F)(F)F. The number of halogens is 4. The topological polar surface area (TPSA) is 73.7 Å². The molecule has 1 fully saturated rings. The number of rotatable bonds is 3. The van der Waals surface area contributed by atoms with E-state index >= 15 is 0 Å². The van der Waals surface area contributed by atoms with E-state index in [0.717, 1.165) is 42.9 Å². The lowest BCUT2D eigenvalue weighted by molar-refractivity contribution is -0.192. The summed E-state index contributed by atoms with van der Waals surface area (Å²) in [5, 5.41) is 7.12. The predicted octanol–water partition coefficient (Wildman–Crippen LogP) is 2.31. The van der Waals surface area contributed by atoms with Gasteiger partial charge in [-0.3, -0.25) is 14.7 Å². The van der Waals surface area contributed by atoms with Crippen molar-refractivity contribution in [2.24, 2.45) is 0 Å². The maximum atomic E-state index is 11.4. The molecule has 0 aliphatic carbocycles. The summed E-state index contributed by atoms with van der Waals surface area (Å²) in [4.78, 5) is 28.8. The van der Waals surface area contributed by atoms with Crippen LogP contribution in [0, 0.1) is 0 Å². The van der Waals surface area contributed by atoms with Gasteiger partial charge in [-0.2, -0.15) is 13.2 Å². The van der Waals surface area contributed by atoms with Crippen LogP contribution < -0.4 is 0 Å². The number of piperazine rings is 1. The fourth-order valence-electron chi connectivity index (χ4n) is 1.98. The van der Waals surface area contributed by atoms with E-state index in [1.165, 1.54) is 6.08 Å². The molecule has 10 heteroatoms. The number of aliphatic carboxylic acids is 1. The van der Waals surface area contributed by atoms with E-state index in [4.69, 9.17) is 9.90 Å². The largest absolute Gasteiger partial charge is 0.490 e. The summed E-state index contributed by atoms with van der Waals surface area (Å²) in [6.45, 7) is 7.65. The second-order valence-corrected chi connectivity index (χ2v) is 5.99. The molecule has 0 aromatic carbocycles. The molecule has 25 heavy (non-hydrogen) atoms. The molecule has 1 aromatic heterocycles. The number of carbonyl (C=O) groups is 2. The molecule has 2 heterocycles. The number of hydrogen-bond acceptors (Lipinski definition) is 4. The fourth-order valence-corrected chi connectivity index (χ4v) is 2.22. The van der Waals surface area contributed by atoms with E-state index in [1.807, 2.05) is 23.2 Å². The molecule has 1 amide bonds. The molecular weight excluding hydrogens is 407 g/mol.